The fourth-order valence-electron chi connectivity index (χ4n) is 3.01. The number of rotatable bonds is 6. The van der Waals surface area contributed by atoms with E-state index in [0.717, 1.165) is 33.7 Å². The average Bonchev–Trinajstić information content (AvgIpc) is 2.75. The molecule has 1 heterocycles. The summed E-state index contributed by atoms with van der Waals surface area (Å²) in [5.41, 5.74) is 3.26. The molecule has 0 fully saturated rings. The molecule has 0 aliphatic heterocycles. The van der Waals surface area contributed by atoms with Gasteiger partial charge in [-0.2, -0.15) is 4.98 Å². The topological polar surface area (TPSA) is 88.2 Å². The lowest BCUT2D eigenvalue weighted by Crippen LogP contribution is -2.05. The van der Waals surface area contributed by atoms with Crippen molar-refractivity contribution in [1.29, 1.82) is 0 Å². The van der Waals surface area contributed by atoms with Crippen molar-refractivity contribution in [2.75, 3.05) is 23.1 Å². The molecule has 0 saturated carbocycles. The van der Waals surface area contributed by atoms with Crippen LogP contribution in [0.2, 0.25) is 0 Å². The first-order valence-electron chi connectivity index (χ1n) is 9.43. The Hall–Kier alpha value is -4.13. The maximum atomic E-state index is 11.2. The molecule has 3 aromatic carbocycles. The zero-order valence-electron chi connectivity index (χ0n) is 16.6. The number of nitrogens with one attached hydrogen (secondary N) is 3. The number of aromatic nitrogens is 2. The summed E-state index contributed by atoms with van der Waals surface area (Å²) in [5.74, 6) is 1.85. The summed E-state index contributed by atoms with van der Waals surface area (Å²) in [6.45, 7) is 1.48. The number of fused-ring (bicyclic) bond motifs is 1. The molecule has 3 N–H and O–H groups in total. The minimum Gasteiger partial charge on any atom is -0.497 e. The highest BCUT2D eigenvalue weighted by molar-refractivity contribution is 5.92. The Morgan fingerprint density at radius 3 is 2.13 bits per heavy atom. The number of ether oxygens (including phenoxy) is 1. The molecule has 0 saturated heterocycles. The highest BCUT2D eigenvalue weighted by atomic mass is 16.5. The van der Waals surface area contributed by atoms with Gasteiger partial charge in [0.2, 0.25) is 11.9 Å². The van der Waals surface area contributed by atoms with Gasteiger partial charge in [-0.25, -0.2) is 4.98 Å². The van der Waals surface area contributed by atoms with Crippen LogP contribution >= 0.6 is 0 Å². The number of nitrogens with zero attached hydrogens (tertiary/aromatic N) is 2. The quantitative estimate of drug-likeness (QED) is 0.419. The van der Waals surface area contributed by atoms with Crippen LogP contribution in [0.3, 0.4) is 0 Å². The lowest BCUT2D eigenvalue weighted by atomic mass is 10.2. The Balaban J connectivity index is 1.63. The van der Waals surface area contributed by atoms with E-state index in [-0.39, 0.29) is 5.91 Å². The van der Waals surface area contributed by atoms with Gasteiger partial charge in [0.05, 0.1) is 12.6 Å². The van der Waals surface area contributed by atoms with E-state index in [0.29, 0.717) is 11.8 Å². The van der Waals surface area contributed by atoms with Crippen LogP contribution in [0.15, 0.2) is 72.8 Å². The summed E-state index contributed by atoms with van der Waals surface area (Å²) < 4.78 is 5.22. The predicted molar refractivity (Wildman–Crippen MR) is 120 cm³/mol. The second-order valence-electron chi connectivity index (χ2n) is 6.65. The molecular weight excluding hydrogens is 378 g/mol. The van der Waals surface area contributed by atoms with Crippen molar-refractivity contribution in [3.05, 3.63) is 72.8 Å². The lowest BCUT2D eigenvalue weighted by molar-refractivity contribution is -0.114. The van der Waals surface area contributed by atoms with Crippen LogP contribution in [0.1, 0.15) is 6.92 Å². The predicted octanol–water partition coefficient (Wildman–Crippen LogP) is 5.08. The SMILES string of the molecule is COc1ccc(Nc2nc(Nc3ccc(NC(C)=O)cc3)nc3ccccc23)cc1. The molecule has 7 heteroatoms. The minimum absolute atomic E-state index is 0.109. The van der Waals surface area contributed by atoms with Gasteiger partial charge in [-0.3, -0.25) is 4.79 Å². The number of hydrogen-bond acceptors (Lipinski definition) is 6. The van der Waals surface area contributed by atoms with Crippen LogP contribution in [0, 0.1) is 0 Å². The van der Waals surface area contributed by atoms with E-state index in [4.69, 9.17) is 4.74 Å². The molecule has 0 aliphatic carbocycles. The maximum absolute atomic E-state index is 11.2. The number of para-hydroxylation sites is 1. The molecule has 0 spiro atoms. The summed E-state index contributed by atoms with van der Waals surface area (Å²) in [4.78, 5) is 20.5. The second-order valence-corrected chi connectivity index (χ2v) is 6.65. The molecule has 1 aromatic heterocycles. The summed E-state index contributed by atoms with van der Waals surface area (Å²) in [6, 6.07) is 22.8. The maximum Gasteiger partial charge on any atom is 0.229 e. The summed E-state index contributed by atoms with van der Waals surface area (Å²) in [5, 5.41) is 10.3. The van der Waals surface area contributed by atoms with Crippen molar-refractivity contribution in [3.63, 3.8) is 0 Å². The van der Waals surface area contributed by atoms with Crippen molar-refractivity contribution < 1.29 is 9.53 Å². The Morgan fingerprint density at radius 1 is 0.800 bits per heavy atom. The number of carbonyl (C=O) groups excluding carboxylic acids is 1. The third-order valence-electron chi connectivity index (χ3n) is 4.42. The zero-order chi connectivity index (χ0) is 20.9. The first kappa shape index (κ1) is 19.2. The van der Waals surface area contributed by atoms with Gasteiger partial charge < -0.3 is 20.7 Å². The van der Waals surface area contributed by atoms with Crippen molar-refractivity contribution in [3.8, 4) is 5.75 Å². The lowest BCUT2D eigenvalue weighted by Gasteiger charge is -2.12. The number of amides is 1. The van der Waals surface area contributed by atoms with Crippen molar-refractivity contribution in [2.45, 2.75) is 6.92 Å². The van der Waals surface area contributed by atoms with Crippen molar-refractivity contribution >= 4 is 45.6 Å². The normalized spacial score (nSPS) is 10.5. The van der Waals surface area contributed by atoms with Gasteiger partial charge in [-0.15, -0.1) is 0 Å². The van der Waals surface area contributed by atoms with E-state index in [1.165, 1.54) is 6.92 Å². The third kappa shape index (κ3) is 4.47. The van der Waals surface area contributed by atoms with Crippen molar-refractivity contribution in [1.82, 2.24) is 9.97 Å². The third-order valence-corrected chi connectivity index (χ3v) is 4.42. The van der Waals surface area contributed by atoms with Crippen LogP contribution in [0.5, 0.6) is 5.75 Å². The van der Waals surface area contributed by atoms with E-state index in [2.05, 4.69) is 25.9 Å². The Labute approximate surface area is 174 Å². The van der Waals surface area contributed by atoms with Gasteiger partial charge in [-0.1, -0.05) is 12.1 Å². The second kappa shape index (κ2) is 8.48. The molecule has 0 radical (unpaired) electrons. The van der Waals surface area contributed by atoms with Crippen LogP contribution in [-0.4, -0.2) is 23.0 Å². The summed E-state index contributed by atoms with van der Waals surface area (Å²) >= 11 is 0. The largest absolute Gasteiger partial charge is 0.497 e. The highest BCUT2D eigenvalue weighted by Crippen LogP contribution is 2.27. The number of methoxy groups -OCH3 is 1. The number of carbonyl (C=O) groups is 1. The van der Waals surface area contributed by atoms with Crippen LogP contribution in [0.4, 0.5) is 28.8 Å². The summed E-state index contributed by atoms with van der Waals surface area (Å²) in [7, 11) is 1.64. The molecule has 150 valence electrons. The monoisotopic (exact) mass is 399 g/mol. The van der Waals surface area contributed by atoms with Crippen LogP contribution < -0.4 is 20.7 Å². The highest BCUT2D eigenvalue weighted by Gasteiger charge is 2.09. The van der Waals surface area contributed by atoms with E-state index >= 15 is 0 Å². The van der Waals surface area contributed by atoms with Gasteiger partial charge in [-0.05, 0) is 60.7 Å². The molecule has 7 nitrogen and oxygen atoms in total. The number of hydrogen-bond donors (Lipinski definition) is 3. The van der Waals surface area contributed by atoms with Gasteiger partial charge in [0.1, 0.15) is 11.6 Å². The fraction of sp³-hybridized carbons (Fsp3) is 0.0870. The summed E-state index contributed by atoms with van der Waals surface area (Å²) in [6.07, 6.45) is 0. The number of anilines is 5. The van der Waals surface area contributed by atoms with E-state index in [9.17, 15) is 4.79 Å². The number of benzene rings is 3. The molecule has 0 bridgehead atoms. The van der Waals surface area contributed by atoms with E-state index in [1.807, 2.05) is 72.8 Å². The first-order valence-corrected chi connectivity index (χ1v) is 9.43. The molecule has 0 atom stereocenters. The molecule has 30 heavy (non-hydrogen) atoms. The van der Waals surface area contributed by atoms with Gasteiger partial charge in [0, 0.05) is 29.4 Å². The molecule has 1 amide bonds. The molecule has 0 aliphatic rings. The zero-order valence-corrected chi connectivity index (χ0v) is 16.6. The molecule has 4 aromatic rings. The standard InChI is InChI=1S/C23H21N5O2/c1-15(29)24-16-7-9-18(10-8-16)26-23-27-21-6-4-3-5-20(21)22(28-23)25-17-11-13-19(30-2)14-12-17/h3-14H,1-2H3,(H,24,29)(H2,25,26,27,28). The van der Waals surface area contributed by atoms with Crippen LogP contribution in [0.25, 0.3) is 10.9 Å². The average molecular weight is 399 g/mol. The molecular formula is C23H21N5O2. The first-order chi connectivity index (χ1) is 14.6. The Bertz CT molecular complexity index is 1170. The van der Waals surface area contributed by atoms with Gasteiger partial charge >= 0.3 is 0 Å². The van der Waals surface area contributed by atoms with Crippen LogP contribution in [-0.2, 0) is 4.79 Å². The Morgan fingerprint density at radius 2 is 1.43 bits per heavy atom. The van der Waals surface area contributed by atoms with E-state index in [1.54, 1.807) is 7.11 Å². The molecule has 4 rings (SSSR count). The van der Waals surface area contributed by atoms with Crippen molar-refractivity contribution in [2.24, 2.45) is 0 Å². The van der Waals surface area contributed by atoms with Gasteiger partial charge in [0.15, 0.2) is 0 Å². The fourth-order valence-corrected chi connectivity index (χ4v) is 3.01. The minimum atomic E-state index is -0.109. The Kier molecular flexibility index (Phi) is 5.43. The van der Waals surface area contributed by atoms with E-state index < -0.39 is 0 Å². The molecule has 0 unspecified atom stereocenters. The van der Waals surface area contributed by atoms with Gasteiger partial charge in [0.25, 0.3) is 0 Å². The smallest absolute Gasteiger partial charge is 0.229 e.